The van der Waals surface area contributed by atoms with Crippen LogP contribution in [-0.4, -0.2) is 5.16 Å². The summed E-state index contributed by atoms with van der Waals surface area (Å²) in [6, 6.07) is 13.9. The van der Waals surface area contributed by atoms with E-state index in [1.54, 1.807) is 0 Å². The van der Waals surface area contributed by atoms with Crippen molar-refractivity contribution in [1.82, 2.24) is 5.16 Å². The number of benzene rings is 2. The van der Waals surface area contributed by atoms with Gasteiger partial charge in [0, 0.05) is 20.1 Å². The minimum absolute atomic E-state index is 0.383. The third-order valence-electron chi connectivity index (χ3n) is 3.30. The Morgan fingerprint density at radius 1 is 1.05 bits per heavy atom. The molecule has 1 heterocycles. The largest absolute Gasteiger partial charge is 0.380 e. The van der Waals surface area contributed by atoms with E-state index in [9.17, 15) is 0 Å². The monoisotopic (exact) mass is 406 g/mol. The number of anilines is 1. The molecule has 0 fully saturated rings. The molecule has 21 heavy (non-hydrogen) atoms. The molecule has 3 rings (SSSR count). The molecule has 0 atom stereocenters. The number of nitrogen functional groups attached to an aromatic ring is 1. The van der Waals surface area contributed by atoms with Crippen molar-refractivity contribution < 1.29 is 4.52 Å². The van der Waals surface area contributed by atoms with Crippen LogP contribution in [0, 0.1) is 6.92 Å². The van der Waals surface area contributed by atoms with Crippen molar-refractivity contribution in [3.63, 3.8) is 0 Å². The zero-order chi connectivity index (χ0) is 15.0. The molecule has 5 heteroatoms. The Kier molecular flexibility index (Phi) is 3.87. The summed E-state index contributed by atoms with van der Waals surface area (Å²) in [5, 5.41) is 3.93. The molecular weight excluding hydrogens is 396 g/mol. The molecule has 2 aromatic carbocycles. The molecule has 0 spiro atoms. The molecule has 0 aliphatic heterocycles. The summed E-state index contributed by atoms with van der Waals surface area (Å²) in [6.45, 7) is 2.04. The predicted molar refractivity (Wildman–Crippen MR) is 91.9 cm³/mol. The Morgan fingerprint density at radius 2 is 1.81 bits per heavy atom. The topological polar surface area (TPSA) is 52.0 Å². The Hall–Kier alpha value is -1.59. The van der Waals surface area contributed by atoms with Gasteiger partial charge in [0.25, 0.3) is 0 Å². The van der Waals surface area contributed by atoms with E-state index in [0.717, 1.165) is 31.2 Å². The van der Waals surface area contributed by atoms with Crippen LogP contribution in [0.5, 0.6) is 0 Å². The van der Waals surface area contributed by atoms with E-state index < -0.39 is 0 Å². The summed E-state index contributed by atoms with van der Waals surface area (Å²) in [6.07, 6.45) is 0. The smallest absolute Gasteiger partial charge is 0.176 e. The number of halogens is 2. The fourth-order valence-electron chi connectivity index (χ4n) is 2.16. The van der Waals surface area contributed by atoms with Gasteiger partial charge in [-0.2, -0.15) is 0 Å². The maximum absolute atomic E-state index is 6.01. The molecular formula is C16H12Br2N2O. The first-order chi connectivity index (χ1) is 10.1. The molecule has 3 aromatic rings. The third-order valence-corrected chi connectivity index (χ3v) is 4.84. The summed E-state index contributed by atoms with van der Waals surface area (Å²) < 4.78 is 7.44. The highest BCUT2D eigenvalue weighted by Crippen LogP contribution is 2.40. The fourth-order valence-corrected chi connectivity index (χ4v) is 3.02. The number of hydrogen-bond acceptors (Lipinski definition) is 3. The molecule has 0 amide bonds. The molecule has 0 aliphatic carbocycles. The van der Waals surface area contributed by atoms with E-state index >= 15 is 0 Å². The Labute approximate surface area is 139 Å². The molecule has 106 valence electrons. The van der Waals surface area contributed by atoms with Gasteiger partial charge in [-0.3, -0.25) is 0 Å². The lowest BCUT2D eigenvalue weighted by Gasteiger charge is -2.06. The molecule has 0 saturated carbocycles. The second-order valence-corrected chi connectivity index (χ2v) is 6.42. The first-order valence-corrected chi connectivity index (χ1v) is 7.93. The first kappa shape index (κ1) is 14.4. The zero-order valence-electron chi connectivity index (χ0n) is 11.2. The van der Waals surface area contributed by atoms with Crippen molar-refractivity contribution in [1.29, 1.82) is 0 Å². The van der Waals surface area contributed by atoms with E-state index in [-0.39, 0.29) is 0 Å². The SMILES string of the molecule is Cc1ccc(-c2onc(N)c2-c2ccccc2Br)cc1Br. The van der Waals surface area contributed by atoms with Crippen molar-refractivity contribution >= 4 is 37.7 Å². The van der Waals surface area contributed by atoms with Gasteiger partial charge in [-0.25, -0.2) is 0 Å². The lowest BCUT2D eigenvalue weighted by molar-refractivity contribution is 0.436. The van der Waals surface area contributed by atoms with Crippen molar-refractivity contribution in [2.24, 2.45) is 0 Å². The standard InChI is InChI=1S/C16H12Br2N2O/c1-9-6-7-10(8-13(9)18)15-14(16(19)20-21-15)11-4-2-3-5-12(11)17/h2-8H,1H3,(H2,19,20). The predicted octanol–water partition coefficient (Wildman–Crippen LogP) is 5.42. The van der Waals surface area contributed by atoms with Crippen LogP contribution < -0.4 is 5.73 Å². The van der Waals surface area contributed by atoms with Crippen LogP contribution in [0.1, 0.15) is 5.56 Å². The summed E-state index contributed by atoms with van der Waals surface area (Å²) >= 11 is 7.09. The van der Waals surface area contributed by atoms with Crippen LogP contribution in [0.15, 0.2) is 55.9 Å². The van der Waals surface area contributed by atoms with Gasteiger partial charge < -0.3 is 10.3 Å². The molecule has 0 aliphatic rings. The average molecular weight is 408 g/mol. The highest BCUT2D eigenvalue weighted by atomic mass is 79.9. The second kappa shape index (κ2) is 5.66. The highest BCUT2D eigenvalue weighted by Gasteiger charge is 2.19. The Morgan fingerprint density at radius 3 is 2.52 bits per heavy atom. The van der Waals surface area contributed by atoms with Gasteiger partial charge in [0.2, 0.25) is 0 Å². The number of aryl methyl sites for hydroxylation is 1. The van der Waals surface area contributed by atoms with Gasteiger partial charge in [-0.15, -0.1) is 0 Å². The molecule has 0 unspecified atom stereocenters. The maximum atomic E-state index is 6.01. The van der Waals surface area contributed by atoms with Gasteiger partial charge >= 0.3 is 0 Å². The lowest BCUT2D eigenvalue weighted by atomic mass is 10.0. The van der Waals surface area contributed by atoms with Crippen LogP contribution in [0.3, 0.4) is 0 Å². The quantitative estimate of drug-likeness (QED) is 0.616. The van der Waals surface area contributed by atoms with Crippen LogP contribution in [0.25, 0.3) is 22.5 Å². The highest BCUT2D eigenvalue weighted by molar-refractivity contribution is 9.10. The Bertz CT molecular complexity index is 812. The minimum Gasteiger partial charge on any atom is -0.380 e. The molecule has 0 radical (unpaired) electrons. The lowest BCUT2D eigenvalue weighted by Crippen LogP contribution is -1.90. The zero-order valence-corrected chi connectivity index (χ0v) is 14.4. The van der Waals surface area contributed by atoms with Crippen molar-refractivity contribution in [2.45, 2.75) is 6.92 Å². The van der Waals surface area contributed by atoms with Gasteiger partial charge in [0.1, 0.15) is 0 Å². The molecule has 0 bridgehead atoms. The van der Waals surface area contributed by atoms with Gasteiger partial charge in [-0.1, -0.05) is 67.3 Å². The number of hydrogen-bond donors (Lipinski definition) is 1. The fraction of sp³-hybridized carbons (Fsp3) is 0.0625. The van der Waals surface area contributed by atoms with E-state index in [2.05, 4.69) is 37.0 Å². The minimum atomic E-state index is 0.383. The number of aromatic nitrogens is 1. The summed E-state index contributed by atoms with van der Waals surface area (Å²) in [5.74, 6) is 1.05. The molecule has 3 nitrogen and oxygen atoms in total. The van der Waals surface area contributed by atoms with E-state index in [1.807, 2.05) is 49.4 Å². The Balaban J connectivity index is 2.22. The van der Waals surface area contributed by atoms with Crippen LogP contribution in [0.4, 0.5) is 5.82 Å². The molecule has 2 N–H and O–H groups in total. The van der Waals surface area contributed by atoms with Crippen molar-refractivity contribution in [3.05, 3.63) is 57.0 Å². The number of nitrogens with zero attached hydrogens (tertiary/aromatic N) is 1. The van der Waals surface area contributed by atoms with E-state index in [1.165, 1.54) is 0 Å². The normalized spacial score (nSPS) is 10.8. The second-order valence-electron chi connectivity index (χ2n) is 4.72. The van der Waals surface area contributed by atoms with Gasteiger partial charge in [0.05, 0.1) is 5.56 Å². The average Bonchev–Trinajstić information content (AvgIpc) is 2.84. The van der Waals surface area contributed by atoms with E-state index in [4.69, 9.17) is 10.3 Å². The van der Waals surface area contributed by atoms with E-state index in [0.29, 0.717) is 11.6 Å². The first-order valence-electron chi connectivity index (χ1n) is 6.34. The summed E-state index contributed by atoms with van der Waals surface area (Å²) in [7, 11) is 0. The van der Waals surface area contributed by atoms with Crippen LogP contribution in [0.2, 0.25) is 0 Å². The summed E-state index contributed by atoms with van der Waals surface area (Å²) in [4.78, 5) is 0. The summed E-state index contributed by atoms with van der Waals surface area (Å²) in [5.41, 5.74) is 9.87. The van der Waals surface area contributed by atoms with Gasteiger partial charge in [0.15, 0.2) is 11.6 Å². The molecule has 0 saturated heterocycles. The van der Waals surface area contributed by atoms with Gasteiger partial charge in [-0.05, 0) is 24.6 Å². The number of nitrogens with two attached hydrogens (primary N) is 1. The number of rotatable bonds is 2. The van der Waals surface area contributed by atoms with Crippen LogP contribution in [-0.2, 0) is 0 Å². The molecule has 1 aromatic heterocycles. The van der Waals surface area contributed by atoms with Crippen LogP contribution >= 0.6 is 31.9 Å². The third kappa shape index (κ3) is 2.63. The maximum Gasteiger partial charge on any atom is 0.176 e. The van der Waals surface area contributed by atoms with Crippen molar-refractivity contribution in [3.8, 4) is 22.5 Å². The van der Waals surface area contributed by atoms with Crippen molar-refractivity contribution in [2.75, 3.05) is 5.73 Å².